The van der Waals surface area contributed by atoms with Crippen molar-refractivity contribution in [3.05, 3.63) is 22.5 Å². The van der Waals surface area contributed by atoms with Crippen LogP contribution in [0.1, 0.15) is 19.8 Å². The summed E-state index contributed by atoms with van der Waals surface area (Å²) in [6.45, 7) is 1.57. The maximum absolute atomic E-state index is 12.2. The summed E-state index contributed by atoms with van der Waals surface area (Å²) < 4.78 is 14.2. The molecule has 0 fully saturated rings. The molecule has 0 amide bonds. The van der Waals surface area contributed by atoms with Crippen molar-refractivity contribution in [2.24, 2.45) is 5.16 Å². The van der Waals surface area contributed by atoms with Crippen LogP contribution in [-0.2, 0) is 33.4 Å². The van der Waals surface area contributed by atoms with Gasteiger partial charge in [-0.15, -0.1) is 0 Å². The fourth-order valence-corrected chi connectivity index (χ4v) is 2.15. The van der Waals surface area contributed by atoms with Crippen LogP contribution in [0.15, 0.2) is 27.6 Å². The Morgan fingerprint density at radius 3 is 2.04 bits per heavy atom. The van der Waals surface area contributed by atoms with Crippen LogP contribution >= 0.6 is 0 Å². The van der Waals surface area contributed by atoms with Crippen LogP contribution in [0, 0.1) is 0 Å². The van der Waals surface area contributed by atoms with Crippen LogP contribution in [0.3, 0.4) is 0 Å². The standard InChI is InChI=1S/C15H19NO8/c1-5-24-15(20)11-9(17)7-6-8(16-23-4)10(13(18)21-2)12(11)14(19)22-3/h17H,5-7H2,1-4H3/b16-8+. The minimum Gasteiger partial charge on any atom is -0.511 e. The summed E-state index contributed by atoms with van der Waals surface area (Å²) in [7, 11) is 3.43. The Kier molecular flexibility index (Phi) is 6.97. The number of hydrogen-bond acceptors (Lipinski definition) is 9. The number of esters is 3. The first-order chi connectivity index (χ1) is 11.4. The lowest BCUT2D eigenvalue weighted by atomic mass is 9.97. The van der Waals surface area contributed by atoms with Crippen LogP contribution in [0.25, 0.3) is 0 Å². The molecule has 0 spiro atoms. The van der Waals surface area contributed by atoms with Crippen molar-refractivity contribution < 1.29 is 38.5 Å². The normalized spacial score (nSPS) is 16.6. The summed E-state index contributed by atoms with van der Waals surface area (Å²) in [6.07, 6.45) is -0.0230. The number of aliphatic hydroxyl groups excluding tert-OH is 1. The van der Waals surface area contributed by atoms with Crippen molar-refractivity contribution >= 4 is 23.6 Å². The SMILES string of the molecule is CCOC(=O)C1=C(O)CC/C(=N\OC)C(C(=O)OC)=C1C(=O)OC. The van der Waals surface area contributed by atoms with Crippen molar-refractivity contribution in [3.63, 3.8) is 0 Å². The van der Waals surface area contributed by atoms with E-state index in [4.69, 9.17) is 4.74 Å². The molecule has 0 heterocycles. The highest BCUT2D eigenvalue weighted by atomic mass is 16.6. The van der Waals surface area contributed by atoms with E-state index in [1.54, 1.807) is 6.92 Å². The average molecular weight is 341 g/mol. The Labute approximate surface area is 138 Å². The molecule has 0 unspecified atom stereocenters. The minimum atomic E-state index is -1.02. The first-order valence-electron chi connectivity index (χ1n) is 7.03. The van der Waals surface area contributed by atoms with Gasteiger partial charge in [0.25, 0.3) is 0 Å². The topological polar surface area (TPSA) is 121 Å². The summed E-state index contributed by atoms with van der Waals surface area (Å²) in [5.41, 5.74) is -1.21. The smallest absolute Gasteiger partial charge is 0.342 e. The summed E-state index contributed by atoms with van der Waals surface area (Å²) in [4.78, 5) is 41.3. The molecule has 0 atom stereocenters. The van der Waals surface area contributed by atoms with E-state index in [1.807, 2.05) is 0 Å². The van der Waals surface area contributed by atoms with E-state index in [-0.39, 0.29) is 30.7 Å². The highest BCUT2D eigenvalue weighted by Crippen LogP contribution is 2.29. The zero-order chi connectivity index (χ0) is 18.3. The molecule has 132 valence electrons. The molecule has 0 aliphatic heterocycles. The molecule has 9 heteroatoms. The molecule has 24 heavy (non-hydrogen) atoms. The number of carbonyl (C=O) groups is 3. The zero-order valence-corrected chi connectivity index (χ0v) is 13.9. The van der Waals surface area contributed by atoms with Crippen molar-refractivity contribution in [2.45, 2.75) is 19.8 Å². The predicted octanol–water partition coefficient (Wildman–Crippen LogP) is 0.800. The van der Waals surface area contributed by atoms with E-state index in [1.165, 1.54) is 7.11 Å². The molecule has 0 bridgehead atoms. The fraction of sp³-hybridized carbons (Fsp3) is 0.467. The van der Waals surface area contributed by atoms with Gasteiger partial charge < -0.3 is 24.2 Å². The van der Waals surface area contributed by atoms with Crippen LogP contribution < -0.4 is 0 Å². The molecule has 0 aromatic heterocycles. The molecule has 1 aliphatic carbocycles. The van der Waals surface area contributed by atoms with E-state index < -0.39 is 34.8 Å². The van der Waals surface area contributed by atoms with Crippen molar-refractivity contribution in [1.29, 1.82) is 0 Å². The maximum atomic E-state index is 12.2. The number of hydrogen-bond donors (Lipinski definition) is 1. The molecule has 0 saturated carbocycles. The summed E-state index contributed by atoms with van der Waals surface area (Å²) in [6, 6.07) is 0. The van der Waals surface area contributed by atoms with Crippen molar-refractivity contribution in [1.82, 2.24) is 0 Å². The minimum absolute atomic E-state index is 0.0106. The second-order valence-corrected chi connectivity index (χ2v) is 4.50. The van der Waals surface area contributed by atoms with Gasteiger partial charge in [0, 0.05) is 12.8 Å². The monoisotopic (exact) mass is 341 g/mol. The quantitative estimate of drug-likeness (QED) is 0.443. The molecule has 1 rings (SSSR count). The van der Waals surface area contributed by atoms with Crippen molar-refractivity contribution in [3.8, 4) is 0 Å². The third-order valence-electron chi connectivity index (χ3n) is 3.14. The Balaban J connectivity index is 3.78. The van der Waals surface area contributed by atoms with Gasteiger partial charge in [-0.2, -0.15) is 0 Å². The number of rotatable bonds is 5. The number of allylic oxidation sites excluding steroid dienone is 1. The van der Waals surface area contributed by atoms with E-state index in [9.17, 15) is 19.5 Å². The molecular weight excluding hydrogens is 322 g/mol. The Hall–Kier alpha value is -2.84. The lowest BCUT2D eigenvalue weighted by Crippen LogP contribution is -2.24. The molecule has 9 nitrogen and oxygen atoms in total. The lowest BCUT2D eigenvalue weighted by Gasteiger charge is -2.13. The van der Waals surface area contributed by atoms with Gasteiger partial charge in [0.1, 0.15) is 18.4 Å². The van der Waals surface area contributed by atoms with Gasteiger partial charge in [-0.25, -0.2) is 14.4 Å². The Morgan fingerprint density at radius 2 is 1.54 bits per heavy atom. The van der Waals surface area contributed by atoms with Gasteiger partial charge >= 0.3 is 17.9 Å². The first kappa shape index (κ1) is 19.2. The van der Waals surface area contributed by atoms with Gasteiger partial charge in [0.05, 0.1) is 37.7 Å². The van der Waals surface area contributed by atoms with E-state index in [2.05, 4.69) is 19.5 Å². The van der Waals surface area contributed by atoms with Gasteiger partial charge in [-0.3, -0.25) is 0 Å². The Morgan fingerprint density at radius 1 is 0.958 bits per heavy atom. The lowest BCUT2D eigenvalue weighted by molar-refractivity contribution is -0.141. The summed E-state index contributed by atoms with van der Waals surface area (Å²) >= 11 is 0. The first-order valence-corrected chi connectivity index (χ1v) is 7.03. The van der Waals surface area contributed by atoms with Gasteiger partial charge in [0.2, 0.25) is 0 Å². The molecule has 0 saturated heterocycles. The number of oxime groups is 1. The molecule has 1 aliphatic rings. The van der Waals surface area contributed by atoms with Gasteiger partial charge in [-0.1, -0.05) is 5.16 Å². The van der Waals surface area contributed by atoms with Crippen molar-refractivity contribution in [2.75, 3.05) is 27.9 Å². The van der Waals surface area contributed by atoms with Gasteiger partial charge in [-0.05, 0) is 6.92 Å². The third-order valence-corrected chi connectivity index (χ3v) is 3.14. The molecule has 0 aromatic carbocycles. The van der Waals surface area contributed by atoms with E-state index in [0.29, 0.717) is 0 Å². The number of carbonyl (C=O) groups excluding carboxylic acids is 3. The predicted molar refractivity (Wildman–Crippen MR) is 81.0 cm³/mol. The second kappa shape index (κ2) is 8.70. The van der Waals surface area contributed by atoms with Crippen LogP contribution in [0.5, 0.6) is 0 Å². The largest absolute Gasteiger partial charge is 0.511 e. The average Bonchev–Trinajstić information content (AvgIpc) is 2.71. The number of methoxy groups -OCH3 is 2. The summed E-state index contributed by atoms with van der Waals surface area (Å²) in [5.74, 6) is -3.33. The van der Waals surface area contributed by atoms with E-state index >= 15 is 0 Å². The zero-order valence-electron chi connectivity index (χ0n) is 13.9. The molecule has 1 N–H and O–H groups in total. The van der Waals surface area contributed by atoms with Crippen LogP contribution in [0.2, 0.25) is 0 Å². The highest BCUT2D eigenvalue weighted by Gasteiger charge is 2.37. The summed E-state index contributed by atoms with van der Waals surface area (Å²) in [5, 5.41) is 13.9. The van der Waals surface area contributed by atoms with E-state index in [0.717, 1.165) is 14.2 Å². The van der Waals surface area contributed by atoms with Gasteiger partial charge in [0.15, 0.2) is 0 Å². The van der Waals surface area contributed by atoms with Crippen LogP contribution in [-0.4, -0.2) is 56.7 Å². The molecule has 0 radical (unpaired) electrons. The number of nitrogens with zero attached hydrogens (tertiary/aromatic N) is 1. The third kappa shape index (κ3) is 3.92. The number of aliphatic hydroxyl groups is 1. The van der Waals surface area contributed by atoms with Crippen LogP contribution in [0.4, 0.5) is 0 Å². The molecule has 0 aromatic rings. The number of ether oxygens (including phenoxy) is 3. The fourth-order valence-electron chi connectivity index (χ4n) is 2.15. The molecular formula is C15H19NO8. The maximum Gasteiger partial charge on any atom is 0.342 e. The second-order valence-electron chi connectivity index (χ2n) is 4.50. The highest BCUT2D eigenvalue weighted by molar-refractivity contribution is 6.27. The Bertz CT molecular complexity index is 629.